The number of benzene rings is 2. The Morgan fingerprint density at radius 2 is 1.75 bits per heavy atom. The number of rotatable bonds is 9. The van der Waals surface area contributed by atoms with E-state index in [-0.39, 0.29) is 30.6 Å². The van der Waals surface area contributed by atoms with Crippen LogP contribution in [0.3, 0.4) is 0 Å². The van der Waals surface area contributed by atoms with Gasteiger partial charge in [-0.25, -0.2) is 0 Å². The Morgan fingerprint density at radius 1 is 1.02 bits per heavy atom. The van der Waals surface area contributed by atoms with Crippen LogP contribution in [0.15, 0.2) is 60.7 Å². The van der Waals surface area contributed by atoms with Crippen LogP contribution in [0, 0.1) is 6.92 Å². The van der Waals surface area contributed by atoms with Crippen molar-refractivity contribution in [1.29, 1.82) is 0 Å². The van der Waals surface area contributed by atoms with Crippen molar-refractivity contribution in [3.05, 3.63) is 93.2 Å². The first kappa shape index (κ1) is 27.3. The minimum Gasteiger partial charge on any atom is -0.481 e. The minimum absolute atomic E-state index is 0.130. The summed E-state index contributed by atoms with van der Waals surface area (Å²) in [5, 5.41) is 19.6. The van der Waals surface area contributed by atoms with Crippen LogP contribution in [-0.4, -0.2) is 49.1 Å². The molecule has 1 N–H and O–H groups in total. The molecule has 0 spiro atoms. The number of thiophene rings is 1. The molecule has 11 heteroatoms. The predicted molar refractivity (Wildman–Crippen MR) is 155 cm³/mol. The Bertz CT molecular complexity index is 1770. The van der Waals surface area contributed by atoms with E-state index in [1.807, 2.05) is 37.3 Å². The minimum atomic E-state index is -0.958. The number of aryl methyl sites for hydroxylation is 3. The van der Waals surface area contributed by atoms with Gasteiger partial charge in [-0.2, -0.15) is 0 Å². The van der Waals surface area contributed by atoms with Gasteiger partial charge in [0, 0.05) is 34.9 Å². The second-order valence-corrected chi connectivity index (χ2v) is 10.7. The van der Waals surface area contributed by atoms with Crippen LogP contribution in [0.2, 0.25) is 5.02 Å². The highest BCUT2D eigenvalue weighted by Gasteiger charge is 2.28. The molecule has 0 aliphatic rings. The van der Waals surface area contributed by atoms with E-state index >= 15 is 0 Å². The molecule has 0 atom stereocenters. The van der Waals surface area contributed by atoms with E-state index in [0.717, 1.165) is 15.8 Å². The van der Waals surface area contributed by atoms with Crippen molar-refractivity contribution in [2.45, 2.75) is 33.2 Å². The monoisotopic (exact) mass is 575 g/mol. The smallest absolute Gasteiger partial charge is 0.305 e. The van der Waals surface area contributed by atoms with E-state index in [1.165, 1.54) is 16.2 Å². The number of hydrogen-bond acceptors (Lipinski definition) is 6. The summed E-state index contributed by atoms with van der Waals surface area (Å²) in [6.07, 6.45) is 0.572. The molecule has 0 saturated heterocycles. The lowest BCUT2D eigenvalue weighted by molar-refractivity contribution is -0.137. The number of amides is 1. The second-order valence-electron chi connectivity index (χ2n) is 9.22. The van der Waals surface area contributed by atoms with E-state index in [2.05, 4.69) is 10.2 Å². The molecule has 0 aliphatic carbocycles. The number of fused-ring (bicyclic) bond motifs is 1. The molecule has 5 rings (SSSR count). The molecule has 3 aromatic heterocycles. The first-order chi connectivity index (χ1) is 19.2. The van der Waals surface area contributed by atoms with Gasteiger partial charge in [-0.1, -0.05) is 48.9 Å². The van der Waals surface area contributed by atoms with Crippen molar-refractivity contribution in [2.75, 3.05) is 11.9 Å². The molecular formula is C29H26ClN5O4S. The summed E-state index contributed by atoms with van der Waals surface area (Å²) >= 11 is 7.79. The summed E-state index contributed by atoms with van der Waals surface area (Å²) in [5.74, 6) is -0.853. The van der Waals surface area contributed by atoms with E-state index < -0.39 is 5.97 Å². The van der Waals surface area contributed by atoms with Crippen LogP contribution >= 0.6 is 22.9 Å². The largest absolute Gasteiger partial charge is 0.481 e. The summed E-state index contributed by atoms with van der Waals surface area (Å²) in [4.78, 5) is 41.3. The van der Waals surface area contributed by atoms with Gasteiger partial charge in [0.1, 0.15) is 16.5 Å². The zero-order chi connectivity index (χ0) is 28.6. The lowest BCUT2D eigenvalue weighted by Gasteiger charge is -2.19. The van der Waals surface area contributed by atoms with Crippen LogP contribution in [0.5, 0.6) is 0 Å². The number of aromatic nitrogens is 4. The lowest BCUT2D eigenvalue weighted by Crippen LogP contribution is -2.31. The summed E-state index contributed by atoms with van der Waals surface area (Å²) < 4.78 is 3.42. The van der Waals surface area contributed by atoms with Crippen molar-refractivity contribution < 1.29 is 19.5 Å². The van der Waals surface area contributed by atoms with Crippen molar-refractivity contribution in [2.24, 2.45) is 0 Å². The number of para-hydroxylation sites is 1. The predicted octanol–water partition coefficient (Wildman–Crippen LogP) is 5.79. The van der Waals surface area contributed by atoms with Crippen molar-refractivity contribution >= 4 is 57.4 Å². The highest BCUT2D eigenvalue weighted by atomic mass is 35.5. The Hall–Kier alpha value is -4.28. The number of carboxylic acids is 1. The van der Waals surface area contributed by atoms with Gasteiger partial charge in [-0.15, -0.1) is 21.5 Å². The zero-order valence-electron chi connectivity index (χ0n) is 22.1. The van der Waals surface area contributed by atoms with Gasteiger partial charge in [-0.3, -0.25) is 23.9 Å². The SMILES string of the molecule is CCc1cc(C(=O)c2ccccc2Cl)c(-n2c(C)nnc2N(C)C(=O)c2cc3ccccc3n2CCC(=O)O)s1. The number of carbonyl (C=O) groups excluding carboxylic acids is 2. The molecule has 0 unspecified atom stereocenters. The molecule has 0 bridgehead atoms. The number of anilines is 1. The molecule has 204 valence electrons. The first-order valence-electron chi connectivity index (χ1n) is 12.6. The molecule has 0 radical (unpaired) electrons. The number of hydrogen-bond donors (Lipinski definition) is 1. The molecule has 3 heterocycles. The first-order valence-corrected chi connectivity index (χ1v) is 13.8. The number of ketones is 1. The van der Waals surface area contributed by atoms with Gasteiger partial charge in [0.15, 0.2) is 5.78 Å². The summed E-state index contributed by atoms with van der Waals surface area (Å²) in [6, 6.07) is 17.9. The number of halogens is 1. The van der Waals surface area contributed by atoms with E-state index in [1.54, 1.807) is 53.4 Å². The maximum Gasteiger partial charge on any atom is 0.305 e. The third-order valence-electron chi connectivity index (χ3n) is 6.67. The normalized spacial score (nSPS) is 11.2. The third-order valence-corrected chi connectivity index (χ3v) is 8.26. The maximum atomic E-state index is 13.9. The molecular weight excluding hydrogens is 550 g/mol. The number of carboxylic acid groups (broad SMARTS) is 1. The molecule has 0 fully saturated rings. The summed E-state index contributed by atoms with van der Waals surface area (Å²) in [5.41, 5.74) is 1.91. The molecule has 9 nitrogen and oxygen atoms in total. The Labute approximate surface area is 239 Å². The maximum absolute atomic E-state index is 13.9. The fourth-order valence-electron chi connectivity index (χ4n) is 4.63. The van der Waals surface area contributed by atoms with Crippen LogP contribution < -0.4 is 4.90 Å². The fraction of sp³-hybridized carbons (Fsp3) is 0.207. The standard InChI is InChI=1S/C29H26ClN5O4S/c1-4-19-16-21(26(38)20-10-6-7-11-22(20)30)28(40-19)35-17(2)31-32-29(35)33(3)27(39)24-15-18-9-5-8-12-23(18)34(24)14-13-25(36)37/h5-12,15-16H,4,13-14H2,1-3H3,(H,36,37). The number of aliphatic carboxylic acids is 1. The van der Waals surface area contributed by atoms with Gasteiger partial charge in [0.2, 0.25) is 5.95 Å². The average Bonchev–Trinajstić information content (AvgIpc) is 3.65. The Kier molecular flexibility index (Phi) is 7.55. The van der Waals surface area contributed by atoms with Crippen molar-refractivity contribution in [3.63, 3.8) is 0 Å². The Morgan fingerprint density at radius 3 is 2.48 bits per heavy atom. The molecule has 1 amide bonds. The third kappa shape index (κ3) is 4.91. The average molecular weight is 576 g/mol. The fourth-order valence-corrected chi connectivity index (χ4v) is 5.99. The van der Waals surface area contributed by atoms with E-state index in [9.17, 15) is 19.5 Å². The van der Waals surface area contributed by atoms with Crippen LogP contribution in [-0.2, 0) is 17.8 Å². The molecule has 5 aromatic rings. The van der Waals surface area contributed by atoms with E-state index in [0.29, 0.717) is 39.1 Å². The number of carbonyl (C=O) groups is 3. The second kappa shape index (κ2) is 11.1. The van der Waals surface area contributed by atoms with E-state index in [4.69, 9.17) is 11.6 Å². The molecule has 40 heavy (non-hydrogen) atoms. The van der Waals surface area contributed by atoms with Gasteiger partial charge >= 0.3 is 5.97 Å². The zero-order valence-corrected chi connectivity index (χ0v) is 23.7. The van der Waals surface area contributed by atoms with Gasteiger partial charge in [-0.05, 0) is 43.7 Å². The molecule has 0 aliphatic heterocycles. The van der Waals surface area contributed by atoms with Gasteiger partial charge in [0.05, 0.1) is 17.0 Å². The van der Waals surface area contributed by atoms with Gasteiger partial charge in [0.25, 0.3) is 5.91 Å². The Balaban J connectivity index is 1.59. The number of nitrogens with zero attached hydrogens (tertiary/aromatic N) is 5. The van der Waals surface area contributed by atoms with Gasteiger partial charge < -0.3 is 9.67 Å². The summed E-state index contributed by atoms with van der Waals surface area (Å²) in [6.45, 7) is 3.89. The van der Waals surface area contributed by atoms with Crippen LogP contribution in [0.4, 0.5) is 5.95 Å². The van der Waals surface area contributed by atoms with Crippen molar-refractivity contribution in [1.82, 2.24) is 19.3 Å². The molecule has 2 aromatic carbocycles. The van der Waals surface area contributed by atoms with Crippen LogP contribution in [0.25, 0.3) is 15.9 Å². The molecule has 0 saturated carbocycles. The topological polar surface area (TPSA) is 110 Å². The van der Waals surface area contributed by atoms with Crippen molar-refractivity contribution in [3.8, 4) is 5.00 Å². The highest BCUT2D eigenvalue weighted by Crippen LogP contribution is 2.34. The highest BCUT2D eigenvalue weighted by molar-refractivity contribution is 7.15. The quantitative estimate of drug-likeness (QED) is 0.223. The van der Waals surface area contributed by atoms with Crippen LogP contribution in [0.1, 0.15) is 50.5 Å². The summed E-state index contributed by atoms with van der Waals surface area (Å²) in [7, 11) is 1.59. The lowest BCUT2D eigenvalue weighted by atomic mass is 10.0.